The molecule has 120 valence electrons. The van der Waals surface area contributed by atoms with Crippen LogP contribution in [-0.4, -0.2) is 38.3 Å². The molecule has 1 aliphatic rings. The number of hydrogen-bond donors (Lipinski definition) is 2. The van der Waals surface area contributed by atoms with Crippen molar-refractivity contribution in [2.45, 2.75) is 65.0 Å². The van der Waals surface area contributed by atoms with E-state index < -0.39 is 0 Å². The van der Waals surface area contributed by atoms with Crippen LogP contribution in [-0.2, 0) is 4.74 Å². The first-order chi connectivity index (χ1) is 9.11. The molecular weight excluding hydrogens is 365 g/mol. The van der Waals surface area contributed by atoms with Crippen LogP contribution in [0.4, 0.5) is 0 Å². The summed E-state index contributed by atoms with van der Waals surface area (Å²) in [6.45, 7) is 8.20. The first kappa shape index (κ1) is 20.0. The maximum atomic E-state index is 5.52. The van der Waals surface area contributed by atoms with E-state index in [4.69, 9.17) is 4.74 Å². The van der Waals surface area contributed by atoms with Gasteiger partial charge in [0, 0.05) is 26.2 Å². The minimum absolute atomic E-state index is 0. The number of ether oxygens (including phenoxy) is 1. The summed E-state index contributed by atoms with van der Waals surface area (Å²) in [5.74, 6) is 1.82. The zero-order chi connectivity index (χ0) is 14.1. The summed E-state index contributed by atoms with van der Waals surface area (Å²) in [5, 5.41) is 6.88. The monoisotopic (exact) mass is 397 g/mol. The lowest BCUT2D eigenvalue weighted by molar-refractivity contribution is 0.0776. The standard InChI is InChI=1S/C15H31N3O.HI/c1-12(2)19-11-5-10-17-15(16-4)18-14-8-6-13(3)7-9-14;/h12-14H,5-11H2,1-4H3,(H2,16,17,18);1H. The first-order valence-corrected chi connectivity index (χ1v) is 7.70. The molecule has 0 heterocycles. The molecule has 20 heavy (non-hydrogen) atoms. The third-order valence-electron chi connectivity index (χ3n) is 3.65. The number of rotatable bonds is 6. The molecule has 0 aromatic heterocycles. The van der Waals surface area contributed by atoms with Crippen molar-refractivity contribution in [1.29, 1.82) is 0 Å². The second kappa shape index (κ2) is 11.6. The fourth-order valence-electron chi connectivity index (χ4n) is 2.39. The Hall–Kier alpha value is -0.0400. The molecule has 1 rings (SSSR count). The van der Waals surface area contributed by atoms with Crippen LogP contribution in [0.5, 0.6) is 0 Å². The lowest BCUT2D eigenvalue weighted by Crippen LogP contribution is -2.45. The fraction of sp³-hybridized carbons (Fsp3) is 0.933. The molecule has 0 aromatic carbocycles. The molecule has 5 heteroatoms. The van der Waals surface area contributed by atoms with Crippen LogP contribution in [0.2, 0.25) is 0 Å². The molecule has 0 radical (unpaired) electrons. The highest BCUT2D eigenvalue weighted by Gasteiger charge is 2.18. The van der Waals surface area contributed by atoms with Crippen molar-refractivity contribution in [1.82, 2.24) is 10.6 Å². The van der Waals surface area contributed by atoms with Gasteiger partial charge in [-0.2, -0.15) is 0 Å². The summed E-state index contributed by atoms with van der Waals surface area (Å²) < 4.78 is 5.52. The Balaban J connectivity index is 0.00000361. The third kappa shape index (κ3) is 9.00. The number of aliphatic imine (C=N–C) groups is 1. The molecule has 0 saturated heterocycles. The van der Waals surface area contributed by atoms with Gasteiger partial charge in [0.2, 0.25) is 0 Å². The van der Waals surface area contributed by atoms with E-state index in [0.29, 0.717) is 12.1 Å². The normalized spacial score (nSPS) is 23.4. The van der Waals surface area contributed by atoms with E-state index in [9.17, 15) is 0 Å². The Morgan fingerprint density at radius 2 is 1.90 bits per heavy atom. The maximum absolute atomic E-state index is 5.52. The predicted molar refractivity (Wildman–Crippen MR) is 97.0 cm³/mol. The maximum Gasteiger partial charge on any atom is 0.191 e. The van der Waals surface area contributed by atoms with Crippen molar-refractivity contribution in [2.24, 2.45) is 10.9 Å². The number of nitrogens with zero attached hydrogens (tertiary/aromatic N) is 1. The lowest BCUT2D eigenvalue weighted by Gasteiger charge is -2.28. The lowest BCUT2D eigenvalue weighted by atomic mass is 9.87. The largest absolute Gasteiger partial charge is 0.379 e. The van der Waals surface area contributed by atoms with Gasteiger partial charge in [0.15, 0.2) is 5.96 Å². The molecule has 0 aliphatic heterocycles. The molecule has 2 N–H and O–H groups in total. The minimum atomic E-state index is 0. The van der Waals surface area contributed by atoms with Crippen molar-refractivity contribution in [3.63, 3.8) is 0 Å². The van der Waals surface area contributed by atoms with Crippen LogP contribution in [0.25, 0.3) is 0 Å². The number of guanidine groups is 1. The van der Waals surface area contributed by atoms with Crippen LogP contribution >= 0.6 is 24.0 Å². The van der Waals surface area contributed by atoms with Crippen molar-refractivity contribution < 1.29 is 4.74 Å². The third-order valence-corrected chi connectivity index (χ3v) is 3.65. The number of halogens is 1. The highest BCUT2D eigenvalue weighted by Crippen LogP contribution is 2.23. The summed E-state index contributed by atoms with van der Waals surface area (Å²) in [4.78, 5) is 4.29. The second-order valence-corrected chi connectivity index (χ2v) is 5.87. The zero-order valence-corrected chi connectivity index (χ0v) is 15.8. The Morgan fingerprint density at radius 1 is 1.25 bits per heavy atom. The van der Waals surface area contributed by atoms with E-state index in [-0.39, 0.29) is 24.0 Å². The molecule has 1 aliphatic carbocycles. The Morgan fingerprint density at radius 3 is 2.45 bits per heavy atom. The first-order valence-electron chi connectivity index (χ1n) is 7.70. The summed E-state index contributed by atoms with van der Waals surface area (Å²) in [5.41, 5.74) is 0. The van der Waals surface area contributed by atoms with Gasteiger partial charge in [0.1, 0.15) is 0 Å². The van der Waals surface area contributed by atoms with E-state index in [2.05, 4.69) is 36.4 Å². The highest BCUT2D eigenvalue weighted by molar-refractivity contribution is 14.0. The van der Waals surface area contributed by atoms with Gasteiger partial charge in [-0.15, -0.1) is 24.0 Å². The average molecular weight is 397 g/mol. The van der Waals surface area contributed by atoms with E-state index in [1.54, 1.807) is 0 Å². The van der Waals surface area contributed by atoms with Gasteiger partial charge in [0.25, 0.3) is 0 Å². The fourth-order valence-corrected chi connectivity index (χ4v) is 2.39. The van der Waals surface area contributed by atoms with E-state index in [0.717, 1.165) is 31.4 Å². The minimum Gasteiger partial charge on any atom is -0.379 e. The van der Waals surface area contributed by atoms with E-state index in [1.165, 1.54) is 25.7 Å². The van der Waals surface area contributed by atoms with Gasteiger partial charge in [-0.1, -0.05) is 6.92 Å². The molecule has 0 spiro atoms. The average Bonchev–Trinajstić information content (AvgIpc) is 2.39. The van der Waals surface area contributed by atoms with Crippen molar-refractivity contribution in [3.8, 4) is 0 Å². The Kier molecular flexibility index (Phi) is 11.6. The van der Waals surface area contributed by atoms with E-state index in [1.807, 2.05) is 7.05 Å². The highest BCUT2D eigenvalue weighted by atomic mass is 127. The molecule has 4 nitrogen and oxygen atoms in total. The van der Waals surface area contributed by atoms with Crippen LogP contribution < -0.4 is 10.6 Å². The van der Waals surface area contributed by atoms with E-state index >= 15 is 0 Å². The van der Waals surface area contributed by atoms with Crippen LogP contribution in [0.3, 0.4) is 0 Å². The van der Waals surface area contributed by atoms with Gasteiger partial charge in [-0.25, -0.2) is 0 Å². The predicted octanol–water partition coefficient (Wildman–Crippen LogP) is 3.16. The topological polar surface area (TPSA) is 45.7 Å². The molecule has 0 unspecified atom stereocenters. The zero-order valence-electron chi connectivity index (χ0n) is 13.4. The molecule has 0 aromatic rings. The molecule has 0 amide bonds. The quantitative estimate of drug-likeness (QED) is 0.313. The smallest absolute Gasteiger partial charge is 0.191 e. The summed E-state index contributed by atoms with van der Waals surface area (Å²) in [6, 6.07) is 0.592. The van der Waals surface area contributed by atoms with Gasteiger partial charge in [-0.3, -0.25) is 4.99 Å². The number of nitrogens with one attached hydrogen (secondary N) is 2. The number of hydrogen-bond acceptors (Lipinski definition) is 2. The van der Waals surface area contributed by atoms with Gasteiger partial charge < -0.3 is 15.4 Å². The van der Waals surface area contributed by atoms with Crippen LogP contribution in [0.15, 0.2) is 4.99 Å². The summed E-state index contributed by atoms with van der Waals surface area (Å²) >= 11 is 0. The van der Waals surface area contributed by atoms with Gasteiger partial charge in [-0.05, 0) is 51.9 Å². The molecular formula is C15H32IN3O. The summed E-state index contributed by atoms with van der Waals surface area (Å²) in [7, 11) is 1.84. The molecule has 0 atom stereocenters. The SMILES string of the molecule is CN=C(NCCCOC(C)C)NC1CCC(C)CC1.I. The van der Waals surface area contributed by atoms with Crippen LogP contribution in [0, 0.1) is 5.92 Å². The Bertz CT molecular complexity index is 264. The summed E-state index contributed by atoms with van der Waals surface area (Å²) in [6.07, 6.45) is 6.52. The second-order valence-electron chi connectivity index (χ2n) is 5.87. The van der Waals surface area contributed by atoms with Crippen molar-refractivity contribution in [2.75, 3.05) is 20.2 Å². The van der Waals surface area contributed by atoms with Gasteiger partial charge in [0.05, 0.1) is 6.10 Å². The molecule has 0 bridgehead atoms. The van der Waals surface area contributed by atoms with Crippen LogP contribution in [0.1, 0.15) is 52.9 Å². The van der Waals surface area contributed by atoms with Crippen molar-refractivity contribution >= 4 is 29.9 Å². The van der Waals surface area contributed by atoms with Crippen molar-refractivity contribution in [3.05, 3.63) is 0 Å². The van der Waals surface area contributed by atoms with Gasteiger partial charge >= 0.3 is 0 Å². The molecule has 1 fully saturated rings. The Labute approximate surface area is 141 Å². The molecule has 1 saturated carbocycles.